The number of nitro groups is 2. The molecule has 0 spiro atoms. The van der Waals surface area contributed by atoms with Crippen molar-refractivity contribution in [3.63, 3.8) is 0 Å². The first-order chi connectivity index (χ1) is 9.76. The summed E-state index contributed by atoms with van der Waals surface area (Å²) in [5.74, 6) is 0. The van der Waals surface area contributed by atoms with Crippen LogP contribution >= 0.6 is 0 Å². The Hall–Kier alpha value is -2.22. The molecule has 1 N–H and O–H groups in total. The van der Waals surface area contributed by atoms with Gasteiger partial charge in [0.25, 0.3) is 11.4 Å². The fraction of sp³-hybridized carbons (Fsp3) is 0.538. The van der Waals surface area contributed by atoms with Gasteiger partial charge in [0.15, 0.2) is 0 Å². The zero-order valence-electron chi connectivity index (χ0n) is 12.3. The predicted molar refractivity (Wildman–Crippen MR) is 78.6 cm³/mol. The maximum atomic E-state index is 11.0. The van der Waals surface area contributed by atoms with E-state index in [0.29, 0.717) is 19.6 Å². The van der Waals surface area contributed by atoms with Gasteiger partial charge in [-0.2, -0.15) is 0 Å². The number of benzene rings is 1. The first kappa shape index (κ1) is 16.8. The second-order valence-corrected chi connectivity index (χ2v) is 5.09. The van der Waals surface area contributed by atoms with Crippen molar-refractivity contribution in [2.45, 2.75) is 32.8 Å². The minimum Gasteiger partial charge on any atom is -0.379 e. The van der Waals surface area contributed by atoms with Crippen molar-refractivity contribution < 1.29 is 14.6 Å². The maximum Gasteiger partial charge on any atom is 0.299 e. The molecule has 116 valence electrons. The highest BCUT2D eigenvalue weighted by molar-refractivity contribution is 5.65. The topological polar surface area (TPSA) is 108 Å². The van der Waals surface area contributed by atoms with Crippen molar-refractivity contribution in [1.82, 2.24) is 0 Å². The minimum atomic E-state index is -0.658. The Balaban J connectivity index is 2.79. The number of nitrogens with one attached hydrogen (secondary N) is 1. The molecular formula is C13H19N3O5. The van der Waals surface area contributed by atoms with Gasteiger partial charge >= 0.3 is 0 Å². The zero-order valence-corrected chi connectivity index (χ0v) is 12.3. The Bertz CT molecular complexity index is 531. The van der Waals surface area contributed by atoms with E-state index in [-0.39, 0.29) is 22.7 Å². The summed E-state index contributed by atoms with van der Waals surface area (Å²) in [6, 6.07) is 3.54. The fourth-order valence-electron chi connectivity index (χ4n) is 1.90. The third kappa shape index (κ3) is 4.99. The average Bonchev–Trinajstić information content (AvgIpc) is 2.38. The largest absolute Gasteiger partial charge is 0.379 e. The maximum absolute atomic E-state index is 11.0. The van der Waals surface area contributed by atoms with E-state index in [2.05, 4.69) is 5.32 Å². The lowest BCUT2D eigenvalue weighted by molar-refractivity contribution is -0.393. The Morgan fingerprint density at radius 3 is 2.43 bits per heavy atom. The van der Waals surface area contributed by atoms with Crippen molar-refractivity contribution in [2.24, 2.45) is 0 Å². The molecule has 0 bridgehead atoms. The third-order valence-electron chi connectivity index (χ3n) is 2.97. The standard InChI is InChI=1S/C13H19N3O5/c1-4-21-13(2,3)7-8-14-11-6-5-10(15(17)18)9-12(11)16(19)20/h5-6,9,14H,4,7-8H2,1-3H3. The first-order valence-corrected chi connectivity index (χ1v) is 6.57. The van der Waals surface area contributed by atoms with Gasteiger partial charge in [-0.1, -0.05) is 0 Å². The zero-order chi connectivity index (χ0) is 16.0. The molecule has 0 heterocycles. The van der Waals surface area contributed by atoms with Gasteiger partial charge in [-0.3, -0.25) is 20.2 Å². The van der Waals surface area contributed by atoms with Gasteiger partial charge < -0.3 is 10.1 Å². The summed E-state index contributed by atoms with van der Waals surface area (Å²) in [4.78, 5) is 20.3. The van der Waals surface area contributed by atoms with Crippen LogP contribution in [0.4, 0.5) is 17.1 Å². The SMILES string of the molecule is CCOC(C)(C)CCNc1ccc([N+](=O)[O-])cc1[N+](=O)[O-]. The predicted octanol–water partition coefficient (Wildman–Crippen LogP) is 3.12. The molecule has 0 saturated heterocycles. The molecule has 21 heavy (non-hydrogen) atoms. The molecule has 0 unspecified atom stereocenters. The van der Waals surface area contributed by atoms with Crippen molar-refractivity contribution >= 4 is 17.1 Å². The van der Waals surface area contributed by atoms with Gasteiger partial charge in [-0.15, -0.1) is 0 Å². The smallest absolute Gasteiger partial charge is 0.299 e. The van der Waals surface area contributed by atoms with Gasteiger partial charge in [-0.25, -0.2) is 0 Å². The number of ether oxygens (including phenoxy) is 1. The molecule has 0 radical (unpaired) electrons. The normalized spacial score (nSPS) is 11.2. The summed E-state index contributed by atoms with van der Waals surface area (Å²) >= 11 is 0. The van der Waals surface area contributed by atoms with Crippen LogP contribution < -0.4 is 5.32 Å². The van der Waals surface area contributed by atoms with E-state index in [4.69, 9.17) is 4.74 Å². The van der Waals surface area contributed by atoms with E-state index < -0.39 is 9.85 Å². The van der Waals surface area contributed by atoms with Gasteiger partial charge in [0.2, 0.25) is 0 Å². The highest BCUT2D eigenvalue weighted by Crippen LogP contribution is 2.29. The summed E-state index contributed by atoms with van der Waals surface area (Å²) in [5, 5.41) is 24.6. The van der Waals surface area contributed by atoms with E-state index in [1.807, 2.05) is 20.8 Å². The van der Waals surface area contributed by atoms with Gasteiger partial charge in [0.1, 0.15) is 5.69 Å². The van der Waals surface area contributed by atoms with Crippen LogP contribution in [0.2, 0.25) is 0 Å². The fourth-order valence-corrected chi connectivity index (χ4v) is 1.90. The lowest BCUT2D eigenvalue weighted by atomic mass is 10.1. The number of nitrogens with zero attached hydrogens (tertiary/aromatic N) is 2. The Morgan fingerprint density at radius 1 is 1.24 bits per heavy atom. The first-order valence-electron chi connectivity index (χ1n) is 6.57. The highest BCUT2D eigenvalue weighted by atomic mass is 16.6. The van der Waals surface area contributed by atoms with Crippen LogP contribution in [0.15, 0.2) is 18.2 Å². The summed E-state index contributed by atoms with van der Waals surface area (Å²) in [6.07, 6.45) is 0.648. The van der Waals surface area contributed by atoms with Gasteiger partial charge in [-0.05, 0) is 33.3 Å². The Labute approximate surface area is 122 Å². The number of anilines is 1. The van der Waals surface area contributed by atoms with Crippen LogP contribution in [0.1, 0.15) is 27.2 Å². The van der Waals surface area contributed by atoms with Crippen molar-refractivity contribution in [2.75, 3.05) is 18.5 Å². The Kier molecular flexibility index (Phi) is 5.60. The quantitative estimate of drug-likeness (QED) is 0.583. The number of hydrogen-bond acceptors (Lipinski definition) is 6. The summed E-state index contributed by atoms with van der Waals surface area (Å²) in [5.41, 5.74) is -0.685. The van der Waals surface area contributed by atoms with Crippen molar-refractivity contribution in [3.8, 4) is 0 Å². The molecule has 0 atom stereocenters. The number of non-ortho nitro benzene ring substituents is 1. The molecule has 0 saturated carbocycles. The summed E-state index contributed by atoms with van der Waals surface area (Å²) < 4.78 is 5.53. The minimum absolute atomic E-state index is 0.262. The molecule has 0 aliphatic heterocycles. The highest BCUT2D eigenvalue weighted by Gasteiger charge is 2.21. The number of nitro benzene ring substituents is 2. The van der Waals surface area contributed by atoms with E-state index in [1.54, 1.807) is 0 Å². The van der Waals surface area contributed by atoms with Crippen LogP contribution in [0.25, 0.3) is 0 Å². The van der Waals surface area contributed by atoms with E-state index in [1.165, 1.54) is 12.1 Å². The van der Waals surface area contributed by atoms with Crippen LogP contribution in [0, 0.1) is 20.2 Å². The molecule has 1 rings (SSSR count). The monoisotopic (exact) mass is 297 g/mol. The lowest BCUT2D eigenvalue weighted by Gasteiger charge is -2.24. The molecule has 0 aliphatic carbocycles. The molecule has 1 aromatic rings. The van der Waals surface area contributed by atoms with E-state index in [9.17, 15) is 20.2 Å². The van der Waals surface area contributed by atoms with E-state index in [0.717, 1.165) is 6.07 Å². The van der Waals surface area contributed by atoms with Gasteiger partial charge in [0, 0.05) is 19.2 Å². The van der Waals surface area contributed by atoms with Crippen LogP contribution in [0.5, 0.6) is 0 Å². The van der Waals surface area contributed by atoms with Crippen molar-refractivity contribution in [1.29, 1.82) is 0 Å². The molecule has 8 heteroatoms. The number of rotatable bonds is 8. The average molecular weight is 297 g/mol. The lowest BCUT2D eigenvalue weighted by Crippen LogP contribution is -2.27. The van der Waals surface area contributed by atoms with E-state index >= 15 is 0 Å². The molecule has 1 aromatic carbocycles. The van der Waals surface area contributed by atoms with Crippen LogP contribution in [-0.2, 0) is 4.74 Å². The molecule has 8 nitrogen and oxygen atoms in total. The number of hydrogen-bond donors (Lipinski definition) is 1. The molecule has 0 aliphatic rings. The summed E-state index contributed by atoms with van der Waals surface area (Å²) in [7, 11) is 0. The molecular weight excluding hydrogens is 278 g/mol. The molecule has 0 fully saturated rings. The second kappa shape index (κ2) is 6.98. The third-order valence-corrected chi connectivity index (χ3v) is 2.97. The Morgan fingerprint density at radius 2 is 1.90 bits per heavy atom. The van der Waals surface area contributed by atoms with Gasteiger partial charge in [0.05, 0.1) is 21.5 Å². The van der Waals surface area contributed by atoms with Crippen LogP contribution in [-0.4, -0.2) is 28.6 Å². The second-order valence-electron chi connectivity index (χ2n) is 5.09. The molecule has 0 amide bonds. The molecule has 0 aromatic heterocycles. The summed E-state index contributed by atoms with van der Waals surface area (Å²) in [6.45, 7) is 6.82. The van der Waals surface area contributed by atoms with Crippen molar-refractivity contribution in [3.05, 3.63) is 38.4 Å². The van der Waals surface area contributed by atoms with Crippen LogP contribution in [0.3, 0.4) is 0 Å².